The molecule has 1 unspecified atom stereocenters. The number of aromatic nitrogens is 7. The molecule has 3 aromatic heterocycles. The average Bonchev–Trinajstić information content (AvgIpc) is 3.30. The van der Waals surface area contributed by atoms with Gasteiger partial charge in [-0.15, -0.1) is 20.4 Å². The number of anilines is 1. The van der Waals surface area contributed by atoms with Crippen molar-refractivity contribution in [2.24, 2.45) is 0 Å². The number of aryl methyl sites for hydroxylation is 1. The second-order valence-electron chi connectivity index (χ2n) is 6.59. The summed E-state index contributed by atoms with van der Waals surface area (Å²) in [6.45, 7) is 6.15. The number of fused-ring (bicyclic) bond motifs is 1. The minimum Gasteiger partial charge on any atom is -0.372 e. The largest absolute Gasteiger partial charge is 0.372 e. The van der Waals surface area contributed by atoms with Crippen LogP contribution >= 0.6 is 0 Å². The molecule has 3 heterocycles. The molecule has 0 aliphatic heterocycles. The molecular formula is C16H22N8. The van der Waals surface area contributed by atoms with E-state index in [1.165, 1.54) is 25.7 Å². The molecule has 1 N–H and O–H groups in total. The van der Waals surface area contributed by atoms with Crippen LogP contribution in [0.5, 0.6) is 0 Å². The van der Waals surface area contributed by atoms with Crippen molar-refractivity contribution in [1.82, 2.24) is 34.6 Å². The predicted molar refractivity (Wildman–Crippen MR) is 89.8 cm³/mol. The summed E-state index contributed by atoms with van der Waals surface area (Å²) in [4.78, 5) is 0. The SMILES string of the molecule is Cc1nn2cnnc2c(NC(C)c2nncn2C2CCCC2)c1C. The summed E-state index contributed by atoms with van der Waals surface area (Å²) in [5, 5.41) is 24.7. The number of rotatable bonds is 4. The Morgan fingerprint density at radius 2 is 1.88 bits per heavy atom. The molecule has 0 amide bonds. The normalized spacial score (nSPS) is 16.8. The Morgan fingerprint density at radius 1 is 1.12 bits per heavy atom. The fraction of sp³-hybridized carbons (Fsp3) is 0.562. The third-order valence-corrected chi connectivity index (χ3v) is 5.00. The summed E-state index contributed by atoms with van der Waals surface area (Å²) in [7, 11) is 0. The molecule has 0 aromatic carbocycles. The zero-order valence-electron chi connectivity index (χ0n) is 14.3. The number of hydrogen-bond donors (Lipinski definition) is 1. The molecule has 0 spiro atoms. The zero-order chi connectivity index (χ0) is 16.7. The molecule has 1 saturated carbocycles. The Morgan fingerprint density at radius 3 is 2.67 bits per heavy atom. The Kier molecular flexibility index (Phi) is 3.66. The lowest BCUT2D eigenvalue weighted by Gasteiger charge is -2.20. The fourth-order valence-electron chi connectivity index (χ4n) is 3.53. The standard InChI is InChI=1S/C16H22N8/c1-10-11(2)22-24-9-18-21-16(24)14(10)19-12(3)15-20-17-8-23(15)13-6-4-5-7-13/h8-9,12-13,19H,4-7H2,1-3H3. The molecule has 1 fully saturated rings. The lowest BCUT2D eigenvalue weighted by Crippen LogP contribution is -2.17. The van der Waals surface area contributed by atoms with E-state index in [-0.39, 0.29) is 6.04 Å². The van der Waals surface area contributed by atoms with Gasteiger partial charge < -0.3 is 9.88 Å². The van der Waals surface area contributed by atoms with Crippen LogP contribution in [0.2, 0.25) is 0 Å². The first-order valence-corrected chi connectivity index (χ1v) is 8.48. The quantitative estimate of drug-likeness (QED) is 0.793. The van der Waals surface area contributed by atoms with Crippen LogP contribution in [0.3, 0.4) is 0 Å². The van der Waals surface area contributed by atoms with E-state index in [4.69, 9.17) is 0 Å². The smallest absolute Gasteiger partial charge is 0.200 e. The monoisotopic (exact) mass is 326 g/mol. The second kappa shape index (κ2) is 5.85. The summed E-state index contributed by atoms with van der Waals surface area (Å²) < 4.78 is 3.94. The van der Waals surface area contributed by atoms with Crippen molar-refractivity contribution in [1.29, 1.82) is 0 Å². The van der Waals surface area contributed by atoms with Crippen molar-refractivity contribution in [2.45, 2.75) is 58.5 Å². The molecule has 126 valence electrons. The highest BCUT2D eigenvalue weighted by atomic mass is 15.4. The highest BCUT2D eigenvalue weighted by Crippen LogP contribution is 2.32. The van der Waals surface area contributed by atoms with Gasteiger partial charge in [-0.05, 0) is 39.2 Å². The summed E-state index contributed by atoms with van der Waals surface area (Å²) in [6.07, 6.45) is 8.47. The molecule has 0 bridgehead atoms. The Bertz CT molecular complexity index is 858. The van der Waals surface area contributed by atoms with Gasteiger partial charge in [0.15, 0.2) is 5.82 Å². The first-order chi connectivity index (χ1) is 11.6. The Balaban J connectivity index is 1.68. The van der Waals surface area contributed by atoms with Gasteiger partial charge in [-0.25, -0.2) is 0 Å². The molecule has 0 radical (unpaired) electrons. The molecule has 1 aliphatic carbocycles. The average molecular weight is 326 g/mol. The van der Waals surface area contributed by atoms with Crippen LogP contribution in [0.25, 0.3) is 5.65 Å². The fourth-order valence-corrected chi connectivity index (χ4v) is 3.53. The molecule has 8 heteroatoms. The minimum absolute atomic E-state index is 0.0223. The van der Waals surface area contributed by atoms with Crippen LogP contribution in [0.4, 0.5) is 5.69 Å². The van der Waals surface area contributed by atoms with Crippen molar-refractivity contribution in [3.63, 3.8) is 0 Å². The lowest BCUT2D eigenvalue weighted by atomic mass is 10.1. The van der Waals surface area contributed by atoms with Crippen molar-refractivity contribution >= 4 is 11.3 Å². The summed E-state index contributed by atoms with van der Waals surface area (Å²) in [6, 6.07) is 0.543. The van der Waals surface area contributed by atoms with Crippen LogP contribution in [-0.2, 0) is 0 Å². The van der Waals surface area contributed by atoms with Gasteiger partial charge in [-0.3, -0.25) is 0 Å². The molecule has 4 rings (SSSR count). The number of hydrogen-bond acceptors (Lipinski definition) is 6. The van der Waals surface area contributed by atoms with E-state index in [0.717, 1.165) is 28.4 Å². The van der Waals surface area contributed by atoms with Gasteiger partial charge in [0.25, 0.3) is 0 Å². The number of nitrogens with zero attached hydrogens (tertiary/aromatic N) is 7. The molecule has 1 atom stereocenters. The van der Waals surface area contributed by atoms with Crippen molar-refractivity contribution in [3.8, 4) is 0 Å². The summed E-state index contributed by atoms with van der Waals surface area (Å²) >= 11 is 0. The van der Waals surface area contributed by atoms with Crippen LogP contribution in [0.15, 0.2) is 12.7 Å². The van der Waals surface area contributed by atoms with Crippen molar-refractivity contribution in [3.05, 3.63) is 29.7 Å². The Labute approximate surface area is 140 Å². The molecule has 24 heavy (non-hydrogen) atoms. The van der Waals surface area contributed by atoms with Gasteiger partial charge in [0, 0.05) is 6.04 Å². The maximum absolute atomic E-state index is 4.46. The van der Waals surface area contributed by atoms with E-state index in [1.54, 1.807) is 10.8 Å². The maximum atomic E-state index is 4.46. The maximum Gasteiger partial charge on any atom is 0.200 e. The molecule has 1 aliphatic rings. The third-order valence-electron chi connectivity index (χ3n) is 5.00. The van der Waals surface area contributed by atoms with E-state index < -0.39 is 0 Å². The first-order valence-electron chi connectivity index (χ1n) is 8.48. The van der Waals surface area contributed by atoms with Crippen LogP contribution in [0.1, 0.15) is 61.8 Å². The number of nitrogens with one attached hydrogen (secondary N) is 1. The van der Waals surface area contributed by atoms with Gasteiger partial charge in [-0.1, -0.05) is 12.8 Å². The van der Waals surface area contributed by atoms with E-state index in [0.29, 0.717) is 6.04 Å². The zero-order valence-corrected chi connectivity index (χ0v) is 14.3. The molecule has 3 aromatic rings. The van der Waals surface area contributed by atoms with Crippen molar-refractivity contribution in [2.75, 3.05) is 5.32 Å². The highest BCUT2D eigenvalue weighted by molar-refractivity contribution is 5.71. The molecular weight excluding hydrogens is 304 g/mol. The topological polar surface area (TPSA) is 85.8 Å². The van der Waals surface area contributed by atoms with E-state index in [9.17, 15) is 0 Å². The predicted octanol–water partition coefficient (Wildman–Crippen LogP) is 2.62. The molecule has 0 saturated heterocycles. The minimum atomic E-state index is 0.0223. The molecule has 8 nitrogen and oxygen atoms in total. The van der Waals surface area contributed by atoms with Crippen LogP contribution < -0.4 is 5.32 Å². The van der Waals surface area contributed by atoms with Gasteiger partial charge in [0.1, 0.15) is 12.7 Å². The lowest BCUT2D eigenvalue weighted by molar-refractivity contribution is 0.488. The van der Waals surface area contributed by atoms with Gasteiger partial charge in [-0.2, -0.15) is 9.61 Å². The highest BCUT2D eigenvalue weighted by Gasteiger charge is 2.23. The van der Waals surface area contributed by atoms with Gasteiger partial charge in [0.05, 0.1) is 17.4 Å². The van der Waals surface area contributed by atoms with Gasteiger partial charge in [0.2, 0.25) is 5.65 Å². The van der Waals surface area contributed by atoms with E-state index >= 15 is 0 Å². The van der Waals surface area contributed by atoms with Crippen LogP contribution in [-0.4, -0.2) is 34.6 Å². The third kappa shape index (κ3) is 2.42. The second-order valence-corrected chi connectivity index (χ2v) is 6.59. The van der Waals surface area contributed by atoms with Crippen molar-refractivity contribution < 1.29 is 0 Å². The summed E-state index contributed by atoms with van der Waals surface area (Å²) in [5.41, 5.74) is 3.72. The van der Waals surface area contributed by atoms with E-state index in [1.807, 2.05) is 20.2 Å². The van der Waals surface area contributed by atoms with Crippen LogP contribution in [0, 0.1) is 13.8 Å². The van der Waals surface area contributed by atoms with E-state index in [2.05, 4.69) is 42.3 Å². The Hall–Kier alpha value is -2.51. The van der Waals surface area contributed by atoms with Gasteiger partial charge >= 0.3 is 0 Å². The summed E-state index contributed by atoms with van der Waals surface area (Å²) in [5.74, 6) is 0.966. The first kappa shape index (κ1) is 15.0.